The van der Waals surface area contributed by atoms with Crippen LogP contribution in [0.2, 0.25) is 0 Å². The maximum atomic E-state index is 13.9. The molecule has 1 aliphatic rings. The number of hydrogen-bond donors (Lipinski definition) is 5. The van der Waals surface area contributed by atoms with Gasteiger partial charge in [0.1, 0.15) is 11.9 Å². The fourth-order valence-corrected chi connectivity index (χ4v) is 5.50. The van der Waals surface area contributed by atoms with E-state index in [4.69, 9.17) is 14.9 Å². The number of aliphatic carboxylic acids is 2. The van der Waals surface area contributed by atoms with Gasteiger partial charge in [-0.05, 0) is 59.9 Å². The average Bonchev–Trinajstić information content (AvgIpc) is 3.92. The molecular weight excluding hydrogens is 1020 g/mol. The zero-order chi connectivity index (χ0) is 44.6. The van der Waals surface area contributed by atoms with Crippen LogP contribution in [0.5, 0.6) is 5.88 Å². The molecule has 0 aromatic carbocycles. The number of anilines is 3. The van der Waals surface area contributed by atoms with Crippen molar-refractivity contribution in [2.45, 2.75) is 59.2 Å². The third kappa shape index (κ3) is 21.5. The Morgan fingerprint density at radius 1 is 0.984 bits per heavy atom. The number of unbranched alkanes of at least 4 members (excludes halogenated alkanes) is 2. The molecule has 1 aliphatic heterocycles. The number of methoxy groups -OCH3 is 1. The van der Waals surface area contributed by atoms with E-state index in [2.05, 4.69) is 40.7 Å². The minimum Gasteiger partial charge on any atom is -0.636 e. The van der Waals surface area contributed by atoms with Crippen LogP contribution in [0.25, 0.3) is 11.2 Å². The molecule has 23 heteroatoms. The van der Waals surface area contributed by atoms with Gasteiger partial charge in [-0.15, -0.1) is 5.10 Å². The van der Waals surface area contributed by atoms with Crippen molar-refractivity contribution in [3.8, 4) is 5.88 Å². The summed E-state index contributed by atoms with van der Waals surface area (Å²) >= 11 is 0. The second-order valence-corrected chi connectivity index (χ2v) is 14.2. The second kappa shape index (κ2) is 30.0. The summed E-state index contributed by atoms with van der Waals surface area (Å²) in [5, 5.41) is 30.7. The Bertz CT molecular complexity index is 1770. The molecule has 0 bridgehead atoms. The van der Waals surface area contributed by atoms with Crippen molar-refractivity contribution in [3.05, 3.63) is 19.1 Å². The van der Waals surface area contributed by atoms with E-state index in [-0.39, 0.29) is 69.2 Å². The summed E-state index contributed by atoms with van der Waals surface area (Å²) in [6, 6.07) is 0. The molecule has 0 radical (unpaired) electrons. The third-order valence-corrected chi connectivity index (χ3v) is 9.02. The number of esters is 1. The zero-order valence-corrected chi connectivity index (χ0v) is 41.0. The van der Waals surface area contributed by atoms with E-state index in [1.54, 1.807) is 53.5 Å². The molecule has 21 nitrogen and oxygen atoms in total. The van der Waals surface area contributed by atoms with Gasteiger partial charge < -0.3 is 45.1 Å². The number of alkyl halides is 1. The molecule has 0 aliphatic carbocycles. The van der Waals surface area contributed by atoms with E-state index < -0.39 is 18.1 Å². The largest absolute Gasteiger partial charge is 0.636 e. The summed E-state index contributed by atoms with van der Waals surface area (Å²) in [7, 11) is 8.77. The van der Waals surface area contributed by atoms with Crippen LogP contribution in [0.1, 0.15) is 46.5 Å². The number of aryl methyl sites for hydroxylation is 2. The van der Waals surface area contributed by atoms with E-state index >= 15 is 0 Å². The quantitative estimate of drug-likeness (QED) is 0.0485. The normalized spacial score (nSPS) is 13.3. The number of fused-ring (bicyclic) bond motifs is 1. The van der Waals surface area contributed by atoms with Gasteiger partial charge in [-0.2, -0.15) is 23.5 Å². The fraction of sp³-hybridized carbons (Fsp3) is 0.658. The molecule has 3 aromatic rings. The Labute approximate surface area is 381 Å². The van der Waals surface area contributed by atoms with Crippen LogP contribution in [-0.2, 0) is 37.5 Å². The minimum atomic E-state index is -0.894. The summed E-state index contributed by atoms with van der Waals surface area (Å²) in [6.45, 7) is 12.4. The van der Waals surface area contributed by atoms with Crippen LogP contribution in [0.15, 0.2) is 12.5 Å². The molecule has 4 rings (SSSR count). The van der Waals surface area contributed by atoms with Crippen molar-refractivity contribution in [1.29, 1.82) is 0 Å². The molecule has 0 unspecified atom stereocenters. The maximum absolute atomic E-state index is 13.9. The SMILES string of the molecule is CCN(C)CC(=O)O.COc1nn(CCCCCNC(=O)CNCCN(C)CC(=O)O)cc1Nc1nc(N2CC[C@H](F)C2)nc2c1ncn2C.C[CH-]OC(=O)CN(C)CC.[U]. The van der Waals surface area contributed by atoms with Gasteiger partial charge in [-0.1, -0.05) is 13.8 Å². The number of aromatic nitrogens is 6. The number of imidazole rings is 1. The Balaban J connectivity index is 0.000000816. The number of carbonyl (C=O) groups excluding carboxylic acids is 2. The first kappa shape index (κ1) is 54.9. The molecule has 1 amide bonds. The second-order valence-electron chi connectivity index (χ2n) is 14.2. The average molecular weight is 1090 g/mol. The number of nitrogens with zero attached hydrogens (tertiary/aromatic N) is 10. The number of ether oxygens (including phenoxy) is 2. The van der Waals surface area contributed by atoms with E-state index in [9.17, 15) is 23.6 Å². The van der Waals surface area contributed by atoms with Gasteiger partial charge in [0.05, 0.1) is 52.4 Å². The van der Waals surface area contributed by atoms with Crippen molar-refractivity contribution in [1.82, 2.24) is 54.6 Å². The van der Waals surface area contributed by atoms with Crippen LogP contribution in [0, 0.1) is 37.7 Å². The van der Waals surface area contributed by atoms with Crippen LogP contribution >= 0.6 is 0 Å². The predicted octanol–water partition coefficient (Wildman–Crippen LogP) is 1.44. The molecule has 1 saturated heterocycles. The van der Waals surface area contributed by atoms with Crippen LogP contribution in [0.4, 0.5) is 21.8 Å². The smallest absolute Gasteiger partial charge is 0.317 e. The summed E-state index contributed by atoms with van der Waals surface area (Å²) in [6.07, 6.45) is 5.66. The van der Waals surface area contributed by atoms with Crippen LogP contribution in [-0.4, -0.2) is 184 Å². The van der Waals surface area contributed by atoms with Gasteiger partial charge in [0.2, 0.25) is 11.9 Å². The standard InChI is InChI=1S/C26H40FN11O4.C7H14NO2.C5H11NO2.U/c1-35(16-21(40)41)12-9-28-13-20(39)29-8-5-4-6-10-38-15-19(25(34-38)42-3)31-23-22-24(36(2)17-30-22)33-26(32-23)37-11-7-18(27)14-37;1-4-8(3)6-7(9)10-5-2;1-3-6(2)4-5(7)8;/h15,17-18,28H,4-14,16H2,1-3H3,(H,29,39)(H,40,41)(H,31,32,33);5H,4,6H2,1-3H3;3-4H2,1-2H3,(H,7,8);/q;-1;;/t18-;;;/m0.../s1. The first-order valence-corrected chi connectivity index (χ1v) is 20.0. The number of carboxylic acids is 2. The van der Waals surface area contributed by atoms with Gasteiger partial charge in [-0.25, -0.2) is 9.37 Å². The van der Waals surface area contributed by atoms with Gasteiger partial charge in [0.15, 0.2) is 17.0 Å². The zero-order valence-electron chi connectivity index (χ0n) is 36.8. The molecule has 61 heavy (non-hydrogen) atoms. The first-order chi connectivity index (χ1) is 28.6. The number of nitrogens with one attached hydrogen (secondary N) is 3. The number of carbonyl (C=O) groups is 4. The van der Waals surface area contributed by atoms with E-state index in [1.165, 1.54) is 6.61 Å². The van der Waals surface area contributed by atoms with Crippen molar-refractivity contribution in [2.75, 3.05) is 110 Å². The number of rotatable bonds is 24. The monoisotopic (exact) mass is 1090 g/mol. The van der Waals surface area contributed by atoms with Crippen molar-refractivity contribution in [3.63, 3.8) is 0 Å². The number of amides is 1. The van der Waals surface area contributed by atoms with Gasteiger partial charge in [0.25, 0.3) is 11.8 Å². The van der Waals surface area contributed by atoms with Gasteiger partial charge in [0, 0.05) is 70.9 Å². The van der Waals surface area contributed by atoms with E-state index in [1.807, 2.05) is 43.9 Å². The molecule has 1 atom stereocenters. The molecular formula is C38H65FN13O8U-. The summed E-state index contributed by atoms with van der Waals surface area (Å²) in [5.41, 5.74) is 1.87. The maximum Gasteiger partial charge on any atom is 0.317 e. The molecule has 3 aromatic heterocycles. The Morgan fingerprint density at radius 2 is 1.66 bits per heavy atom. The van der Waals surface area contributed by atoms with E-state index in [0.29, 0.717) is 80.2 Å². The predicted molar refractivity (Wildman–Crippen MR) is 225 cm³/mol. The summed E-state index contributed by atoms with van der Waals surface area (Å²) < 4.78 is 27.6. The topological polar surface area (TPSA) is 238 Å². The first-order valence-electron chi connectivity index (χ1n) is 20.0. The van der Waals surface area contributed by atoms with E-state index in [0.717, 1.165) is 32.4 Å². The number of carboxylic acid groups (broad SMARTS) is 2. The summed E-state index contributed by atoms with van der Waals surface area (Å²) in [4.78, 5) is 64.1. The Kier molecular flexibility index (Phi) is 27.0. The fourth-order valence-electron chi connectivity index (χ4n) is 5.50. The third-order valence-electron chi connectivity index (χ3n) is 9.02. The number of halogens is 1. The molecule has 0 spiro atoms. The number of hydrogen-bond acceptors (Lipinski definition) is 16. The Hall–Kier alpha value is -4.14. The molecule has 5 N–H and O–H groups in total. The van der Waals surface area contributed by atoms with Crippen molar-refractivity contribution >= 4 is 52.4 Å². The van der Waals surface area contributed by atoms with Gasteiger partial charge in [-0.3, -0.25) is 38.6 Å². The van der Waals surface area contributed by atoms with Crippen LogP contribution in [0.3, 0.4) is 0 Å². The molecule has 342 valence electrons. The minimum absolute atomic E-state index is 0. The molecule has 4 heterocycles. The molecule has 0 saturated carbocycles. The van der Waals surface area contributed by atoms with Crippen LogP contribution < -0.4 is 25.6 Å². The Morgan fingerprint density at radius 3 is 2.25 bits per heavy atom. The summed E-state index contributed by atoms with van der Waals surface area (Å²) in [5.74, 6) is -0.579. The van der Waals surface area contributed by atoms with Crippen molar-refractivity contribution < 1.29 is 74.4 Å². The number of likely N-dealkylation sites (N-methyl/N-ethyl adjacent to an activating group) is 3. The van der Waals surface area contributed by atoms with Crippen molar-refractivity contribution in [2.24, 2.45) is 7.05 Å². The van der Waals surface area contributed by atoms with Gasteiger partial charge >= 0.3 is 11.9 Å². The molecule has 1 fully saturated rings.